The maximum Gasteiger partial charge on any atom is 0.119 e. The minimum absolute atomic E-state index is 0.497. The van der Waals surface area contributed by atoms with Crippen molar-refractivity contribution in [2.24, 2.45) is 15.2 Å². The number of hydrogen-bond donors (Lipinski definition) is 0. The van der Waals surface area contributed by atoms with E-state index in [-0.39, 0.29) is 0 Å². The Labute approximate surface area is 156 Å². The van der Waals surface area contributed by atoms with Crippen molar-refractivity contribution in [3.05, 3.63) is 64.7 Å². The van der Waals surface area contributed by atoms with E-state index in [0.717, 1.165) is 39.6 Å². The van der Waals surface area contributed by atoms with E-state index in [9.17, 15) is 0 Å². The number of benzene rings is 2. The summed E-state index contributed by atoms with van der Waals surface area (Å²) in [6, 6.07) is 14.5. The van der Waals surface area contributed by atoms with Crippen LogP contribution in [0.3, 0.4) is 0 Å². The first-order valence-electron chi connectivity index (χ1n) is 8.71. The summed E-state index contributed by atoms with van der Waals surface area (Å²) < 4.78 is 5.41. The van der Waals surface area contributed by atoms with E-state index in [1.54, 1.807) is 7.11 Å². The quantitative estimate of drug-likeness (QED) is 0.534. The monoisotopic (exact) mass is 349 g/mol. The minimum Gasteiger partial charge on any atom is -0.497 e. The summed E-state index contributed by atoms with van der Waals surface area (Å²) in [6.45, 7) is 10.5. The molecule has 136 valence electrons. The third kappa shape index (κ3) is 5.38. The fourth-order valence-corrected chi connectivity index (χ4v) is 2.44. The summed E-state index contributed by atoms with van der Waals surface area (Å²) in [4.78, 5) is 4.87. The maximum absolute atomic E-state index is 5.41. The first-order chi connectivity index (χ1) is 12.4. The number of nitrogens with zero attached hydrogens (tertiary/aromatic N) is 3. The maximum atomic E-state index is 5.41. The highest BCUT2D eigenvalue weighted by molar-refractivity contribution is 6.14. The molecule has 0 amide bonds. The van der Waals surface area contributed by atoms with E-state index in [2.05, 4.69) is 54.4 Å². The zero-order valence-electron chi connectivity index (χ0n) is 16.5. The second-order valence-corrected chi connectivity index (χ2v) is 6.59. The number of hydrogen-bond acceptors (Lipinski definition) is 4. The van der Waals surface area contributed by atoms with E-state index >= 15 is 0 Å². The molecule has 0 spiro atoms. The van der Waals surface area contributed by atoms with Gasteiger partial charge in [0, 0.05) is 16.8 Å². The first-order valence-corrected chi connectivity index (χ1v) is 8.71. The van der Waals surface area contributed by atoms with E-state index in [4.69, 9.17) is 9.73 Å². The Morgan fingerprint density at radius 1 is 0.923 bits per heavy atom. The molecule has 0 saturated carbocycles. The van der Waals surface area contributed by atoms with Crippen LogP contribution in [-0.4, -0.2) is 30.8 Å². The van der Waals surface area contributed by atoms with Crippen molar-refractivity contribution in [3.8, 4) is 5.75 Å². The summed E-state index contributed by atoms with van der Waals surface area (Å²) in [5.74, 6) is 0.821. The summed E-state index contributed by atoms with van der Waals surface area (Å²) in [7, 11) is 1.68. The van der Waals surface area contributed by atoms with E-state index < -0.39 is 0 Å². The van der Waals surface area contributed by atoms with Gasteiger partial charge in [0.25, 0.3) is 0 Å². The molecule has 0 fully saturated rings. The second-order valence-electron chi connectivity index (χ2n) is 6.59. The van der Waals surface area contributed by atoms with Gasteiger partial charge in [-0.15, -0.1) is 0 Å². The fourth-order valence-electron chi connectivity index (χ4n) is 2.44. The van der Waals surface area contributed by atoms with Crippen LogP contribution in [0.2, 0.25) is 0 Å². The molecule has 0 saturated heterocycles. The van der Waals surface area contributed by atoms with Crippen LogP contribution < -0.4 is 4.74 Å². The largest absolute Gasteiger partial charge is 0.497 e. The van der Waals surface area contributed by atoms with Crippen molar-refractivity contribution in [2.45, 2.75) is 34.6 Å². The normalized spacial score (nSPS) is 12.1. The van der Waals surface area contributed by atoms with Gasteiger partial charge in [-0.3, -0.25) is 4.99 Å². The Kier molecular flexibility index (Phi) is 6.84. The zero-order chi connectivity index (χ0) is 19.1. The van der Waals surface area contributed by atoms with Gasteiger partial charge >= 0.3 is 0 Å². The van der Waals surface area contributed by atoms with E-state index in [1.807, 2.05) is 32.9 Å². The van der Waals surface area contributed by atoms with Gasteiger partial charge < -0.3 is 4.74 Å². The topological polar surface area (TPSA) is 46.3 Å². The van der Waals surface area contributed by atoms with Crippen LogP contribution in [0.15, 0.2) is 57.7 Å². The van der Waals surface area contributed by atoms with Gasteiger partial charge in [-0.1, -0.05) is 35.9 Å². The highest BCUT2D eigenvalue weighted by Crippen LogP contribution is 2.21. The van der Waals surface area contributed by atoms with Gasteiger partial charge in [-0.25, -0.2) is 0 Å². The lowest BCUT2D eigenvalue weighted by atomic mass is 9.97. The highest BCUT2D eigenvalue weighted by Gasteiger charge is 2.11. The molecular weight excluding hydrogens is 322 g/mol. The van der Waals surface area contributed by atoms with Crippen molar-refractivity contribution in [1.29, 1.82) is 0 Å². The SMILES string of the molecule is COc1ccc(C)c(C(=NC/C(C)=N/N=C(C)C)c2ccc(C)cc2)c1. The lowest BCUT2D eigenvalue weighted by molar-refractivity contribution is 0.414. The molecule has 0 N–H and O–H groups in total. The summed E-state index contributed by atoms with van der Waals surface area (Å²) in [5.41, 5.74) is 7.26. The lowest BCUT2D eigenvalue weighted by Gasteiger charge is -2.13. The van der Waals surface area contributed by atoms with Crippen LogP contribution in [0, 0.1) is 13.8 Å². The molecule has 2 rings (SSSR count). The van der Waals surface area contributed by atoms with Gasteiger partial charge in [0.1, 0.15) is 5.75 Å². The van der Waals surface area contributed by atoms with Crippen molar-refractivity contribution in [2.75, 3.05) is 13.7 Å². The molecule has 26 heavy (non-hydrogen) atoms. The van der Waals surface area contributed by atoms with Gasteiger partial charge in [-0.2, -0.15) is 10.2 Å². The van der Waals surface area contributed by atoms with Crippen LogP contribution in [-0.2, 0) is 0 Å². The Morgan fingerprint density at radius 3 is 2.23 bits per heavy atom. The summed E-state index contributed by atoms with van der Waals surface area (Å²) in [6.07, 6.45) is 0. The van der Waals surface area contributed by atoms with Gasteiger partial charge in [0.05, 0.1) is 25.1 Å². The van der Waals surface area contributed by atoms with Crippen molar-refractivity contribution < 1.29 is 4.74 Å². The summed E-state index contributed by atoms with van der Waals surface area (Å²) >= 11 is 0. The van der Waals surface area contributed by atoms with E-state index in [1.165, 1.54) is 5.56 Å². The molecule has 0 bridgehead atoms. The van der Waals surface area contributed by atoms with Gasteiger partial charge in [0.2, 0.25) is 0 Å². The molecule has 4 heteroatoms. The molecule has 0 radical (unpaired) electrons. The predicted molar refractivity (Wildman–Crippen MR) is 111 cm³/mol. The minimum atomic E-state index is 0.497. The smallest absolute Gasteiger partial charge is 0.119 e. The van der Waals surface area contributed by atoms with Crippen molar-refractivity contribution in [1.82, 2.24) is 0 Å². The Bertz CT molecular complexity index is 842. The molecule has 0 aliphatic carbocycles. The van der Waals surface area contributed by atoms with Crippen LogP contribution in [0.5, 0.6) is 5.75 Å². The van der Waals surface area contributed by atoms with Crippen LogP contribution in [0.4, 0.5) is 0 Å². The third-order valence-electron chi connectivity index (χ3n) is 3.91. The Morgan fingerprint density at radius 2 is 1.62 bits per heavy atom. The number of methoxy groups -OCH3 is 1. The lowest BCUT2D eigenvalue weighted by Crippen LogP contribution is -2.09. The standard InChI is InChI=1S/C22H27N3O/c1-15(2)24-25-18(5)14-23-22(19-10-7-16(3)8-11-19)21-13-20(26-6)12-9-17(21)4/h7-13H,14H2,1-6H3/b23-22?,25-18+. The van der Waals surface area contributed by atoms with E-state index in [0.29, 0.717) is 6.54 Å². The molecule has 0 aliphatic rings. The number of aryl methyl sites for hydroxylation is 2. The molecule has 2 aromatic carbocycles. The van der Waals surface area contributed by atoms with Crippen LogP contribution in [0.1, 0.15) is 43.0 Å². The second kappa shape index (κ2) is 9.09. The Hall–Kier alpha value is -2.75. The van der Waals surface area contributed by atoms with Gasteiger partial charge in [-0.05, 0) is 52.3 Å². The summed E-state index contributed by atoms with van der Waals surface area (Å²) in [5, 5.41) is 8.35. The fraction of sp³-hybridized carbons (Fsp3) is 0.318. The average Bonchev–Trinajstić information content (AvgIpc) is 2.62. The number of aliphatic imine (C=N–C) groups is 1. The van der Waals surface area contributed by atoms with Gasteiger partial charge in [0.15, 0.2) is 0 Å². The molecular formula is C22H27N3O. The molecule has 0 atom stereocenters. The average molecular weight is 349 g/mol. The molecule has 0 unspecified atom stereocenters. The predicted octanol–water partition coefficient (Wildman–Crippen LogP) is 5.01. The molecule has 2 aromatic rings. The number of rotatable bonds is 6. The molecule has 0 aromatic heterocycles. The number of ether oxygens (including phenoxy) is 1. The molecule has 0 aliphatic heterocycles. The van der Waals surface area contributed by atoms with Crippen molar-refractivity contribution in [3.63, 3.8) is 0 Å². The third-order valence-corrected chi connectivity index (χ3v) is 3.91. The molecule has 0 heterocycles. The van der Waals surface area contributed by atoms with Crippen LogP contribution >= 0.6 is 0 Å². The highest BCUT2D eigenvalue weighted by atomic mass is 16.5. The Balaban J connectivity index is 2.49. The first kappa shape index (κ1) is 19.6. The molecule has 4 nitrogen and oxygen atoms in total. The van der Waals surface area contributed by atoms with Crippen LogP contribution in [0.25, 0.3) is 0 Å². The zero-order valence-corrected chi connectivity index (χ0v) is 16.5. The van der Waals surface area contributed by atoms with Crippen molar-refractivity contribution >= 4 is 17.1 Å².